The highest BCUT2D eigenvalue weighted by Gasteiger charge is 2.40. The van der Waals surface area contributed by atoms with E-state index in [4.69, 9.17) is 18.9 Å². The maximum Gasteiger partial charge on any atom is 0.158 e. The van der Waals surface area contributed by atoms with E-state index >= 15 is 0 Å². The Morgan fingerprint density at radius 3 is 2.28 bits per heavy atom. The normalized spacial score (nSPS) is 26.8. The van der Waals surface area contributed by atoms with Gasteiger partial charge in [-0.25, -0.2) is 0 Å². The summed E-state index contributed by atoms with van der Waals surface area (Å²) in [7, 11) is 3.37. The first kappa shape index (κ1) is 16.9. The van der Waals surface area contributed by atoms with E-state index in [9.17, 15) is 5.11 Å². The van der Waals surface area contributed by atoms with Crippen LogP contribution < -0.4 is 9.47 Å². The molecule has 1 aliphatic heterocycles. The van der Waals surface area contributed by atoms with Crippen molar-refractivity contribution in [3.8, 4) is 11.5 Å². The van der Waals surface area contributed by atoms with Gasteiger partial charge in [0.15, 0.2) is 6.29 Å². The van der Waals surface area contributed by atoms with E-state index in [1.165, 1.54) is 11.1 Å². The Morgan fingerprint density at radius 2 is 1.72 bits per heavy atom. The third-order valence-corrected chi connectivity index (χ3v) is 5.63. The molecule has 3 atom stereocenters. The first-order valence-electron chi connectivity index (χ1n) is 9.10. The quantitative estimate of drug-likeness (QED) is 0.800. The Hall–Kier alpha value is -1.56. The highest BCUT2D eigenvalue weighted by molar-refractivity contribution is 5.66. The van der Waals surface area contributed by atoms with Crippen LogP contribution in [0.5, 0.6) is 11.5 Å². The molecule has 3 aliphatic rings. The lowest BCUT2D eigenvalue weighted by atomic mass is 9.89. The molecule has 0 saturated carbocycles. The van der Waals surface area contributed by atoms with Gasteiger partial charge in [0.1, 0.15) is 11.5 Å². The Balaban J connectivity index is 1.73. The SMILES string of the molecule is COc1c(CO)c(COC2CCCCO2)c(OC)c2c1C1C=CC2C1. The number of fused-ring (bicyclic) bond motifs is 5. The highest BCUT2D eigenvalue weighted by Crippen LogP contribution is 2.57. The molecule has 5 heteroatoms. The van der Waals surface area contributed by atoms with Gasteiger partial charge in [0, 0.05) is 40.7 Å². The molecule has 1 N–H and O–H groups in total. The van der Waals surface area contributed by atoms with Crippen molar-refractivity contribution >= 4 is 0 Å². The summed E-state index contributed by atoms with van der Waals surface area (Å²) in [6, 6.07) is 0. The molecule has 1 heterocycles. The summed E-state index contributed by atoms with van der Waals surface area (Å²) >= 11 is 0. The Morgan fingerprint density at radius 1 is 1.04 bits per heavy atom. The van der Waals surface area contributed by atoms with Gasteiger partial charge >= 0.3 is 0 Å². The van der Waals surface area contributed by atoms with Crippen LogP contribution in [0.3, 0.4) is 0 Å². The van der Waals surface area contributed by atoms with Gasteiger partial charge in [0.2, 0.25) is 0 Å². The summed E-state index contributed by atoms with van der Waals surface area (Å²) in [6.07, 6.45) is 8.49. The van der Waals surface area contributed by atoms with Crippen LogP contribution in [0.4, 0.5) is 0 Å². The van der Waals surface area contributed by atoms with Crippen molar-refractivity contribution in [1.29, 1.82) is 0 Å². The zero-order valence-corrected chi connectivity index (χ0v) is 14.9. The van der Waals surface area contributed by atoms with E-state index in [0.717, 1.165) is 54.9 Å². The molecule has 2 bridgehead atoms. The van der Waals surface area contributed by atoms with E-state index in [2.05, 4.69) is 12.2 Å². The van der Waals surface area contributed by atoms with Gasteiger partial charge in [-0.1, -0.05) is 12.2 Å². The zero-order valence-electron chi connectivity index (χ0n) is 14.9. The number of hydrogen-bond donors (Lipinski definition) is 1. The number of aliphatic hydroxyl groups excluding tert-OH is 1. The van der Waals surface area contributed by atoms with E-state index in [-0.39, 0.29) is 12.9 Å². The molecule has 0 radical (unpaired) electrons. The Kier molecular flexibility index (Phi) is 4.71. The zero-order chi connectivity index (χ0) is 17.4. The van der Waals surface area contributed by atoms with Gasteiger partial charge in [-0.15, -0.1) is 0 Å². The summed E-state index contributed by atoms with van der Waals surface area (Å²) in [5, 5.41) is 10.0. The lowest BCUT2D eigenvalue weighted by Gasteiger charge is -2.27. The molecule has 1 saturated heterocycles. The third kappa shape index (κ3) is 2.75. The second-order valence-electron chi connectivity index (χ2n) is 6.95. The smallest absolute Gasteiger partial charge is 0.158 e. The van der Waals surface area contributed by atoms with E-state index < -0.39 is 0 Å². The molecule has 4 rings (SSSR count). The summed E-state index contributed by atoms with van der Waals surface area (Å²) in [5.41, 5.74) is 4.03. The molecule has 2 aliphatic carbocycles. The molecule has 5 nitrogen and oxygen atoms in total. The van der Waals surface area contributed by atoms with E-state index in [0.29, 0.717) is 18.4 Å². The average molecular weight is 346 g/mol. The van der Waals surface area contributed by atoms with Crippen LogP contribution in [0.1, 0.15) is 59.8 Å². The second-order valence-corrected chi connectivity index (χ2v) is 6.95. The van der Waals surface area contributed by atoms with Crippen molar-refractivity contribution in [2.45, 2.75) is 57.0 Å². The first-order valence-corrected chi connectivity index (χ1v) is 9.10. The minimum atomic E-state index is -0.180. The molecule has 0 aromatic heterocycles. The predicted molar refractivity (Wildman–Crippen MR) is 93.1 cm³/mol. The van der Waals surface area contributed by atoms with Crippen LogP contribution in [0, 0.1) is 0 Å². The average Bonchev–Trinajstić information content (AvgIpc) is 3.27. The molecule has 1 aromatic carbocycles. The molecule has 0 spiro atoms. The largest absolute Gasteiger partial charge is 0.496 e. The lowest BCUT2D eigenvalue weighted by molar-refractivity contribution is -0.169. The van der Waals surface area contributed by atoms with Gasteiger partial charge < -0.3 is 24.1 Å². The van der Waals surface area contributed by atoms with Crippen LogP contribution in [0.25, 0.3) is 0 Å². The standard InChI is InChI=1S/C20H26O5/c1-22-19-14(10-21)15(11-25-16-5-3-4-8-24-16)20(23-2)18-13-7-6-12(9-13)17(18)19/h6-7,12-13,16,21H,3-5,8-11H2,1-2H3. The third-order valence-electron chi connectivity index (χ3n) is 5.63. The number of aliphatic hydroxyl groups is 1. The van der Waals surface area contributed by atoms with Gasteiger partial charge in [-0.3, -0.25) is 0 Å². The molecule has 1 aromatic rings. The van der Waals surface area contributed by atoms with Crippen LogP contribution in [0.2, 0.25) is 0 Å². The maximum atomic E-state index is 10.0. The number of benzene rings is 1. The predicted octanol–water partition coefficient (Wildman–Crippen LogP) is 3.38. The van der Waals surface area contributed by atoms with Crippen molar-refractivity contribution in [3.63, 3.8) is 0 Å². The number of allylic oxidation sites excluding steroid dienone is 2. The summed E-state index contributed by atoms with van der Waals surface area (Å²) in [5.74, 6) is 2.35. The molecule has 25 heavy (non-hydrogen) atoms. The molecule has 3 unspecified atom stereocenters. The minimum absolute atomic E-state index is 0.0991. The van der Waals surface area contributed by atoms with Crippen LogP contribution >= 0.6 is 0 Å². The number of rotatable bonds is 6. The van der Waals surface area contributed by atoms with E-state index in [1.807, 2.05) is 0 Å². The number of ether oxygens (including phenoxy) is 4. The first-order chi connectivity index (χ1) is 12.3. The topological polar surface area (TPSA) is 57.2 Å². The fourth-order valence-corrected chi connectivity index (χ4v) is 4.51. The Labute approximate surface area is 148 Å². The molecular weight excluding hydrogens is 320 g/mol. The van der Waals surface area contributed by atoms with Gasteiger partial charge in [0.05, 0.1) is 27.4 Å². The number of methoxy groups -OCH3 is 2. The van der Waals surface area contributed by atoms with Crippen molar-refractivity contribution in [1.82, 2.24) is 0 Å². The molecule has 1 fully saturated rings. The van der Waals surface area contributed by atoms with E-state index in [1.54, 1.807) is 14.2 Å². The highest BCUT2D eigenvalue weighted by atomic mass is 16.7. The molecular formula is C20H26O5. The van der Waals surface area contributed by atoms with Crippen LogP contribution in [-0.2, 0) is 22.7 Å². The van der Waals surface area contributed by atoms with Crippen molar-refractivity contribution in [2.24, 2.45) is 0 Å². The van der Waals surface area contributed by atoms with Crippen LogP contribution in [-0.4, -0.2) is 32.2 Å². The summed E-state index contributed by atoms with van der Waals surface area (Å²) < 4.78 is 23.2. The monoisotopic (exact) mass is 346 g/mol. The number of hydrogen-bond acceptors (Lipinski definition) is 5. The lowest BCUT2D eigenvalue weighted by Crippen LogP contribution is -2.22. The van der Waals surface area contributed by atoms with Crippen molar-refractivity contribution in [2.75, 3.05) is 20.8 Å². The van der Waals surface area contributed by atoms with Gasteiger partial charge in [-0.05, 0) is 25.7 Å². The maximum absolute atomic E-state index is 10.0. The summed E-state index contributed by atoms with van der Waals surface area (Å²) in [6.45, 7) is 1.00. The fourth-order valence-electron chi connectivity index (χ4n) is 4.51. The van der Waals surface area contributed by atoms with Crippen molar-refractivity contribution < 1.29 is 24.1 Å². The molecule has 0 amide bonds. The van der Waals surface area contributed by atoms with Gasteiger partial charge in [-0.2, -0.15) is 0 Å². The summed E-state index contributed by atoms with van der Waals surface area (Å²) in [4.78, 5) is 0. The molecule has 136 valence electrons. The Bertz CT molecular complexity index is 675. The minimum Gasteiger partial charge on any atom is -0.496 e. The second kappa shape index (κ2) is 6.98. The van der Waals surface area contributed by atoms with Crippen molar-refractivity contribution in [3.05, 3.63) is 34.4 Å². The van der Waals surface area contributed by atoms with Gasteiger partial charge in [0.25, 0.3) is 0 Å². The fraction of sp³-hybridized carbons (Fsp3) is 0.600. The van der Waals surface area contributed by atoms with Crippen LogP contribution in [0.15, 0.2) is 12.2 Å².